The normalized spacial score (nSPS) is 19.0. The minimum Gasteiger partial charge on any atom is -0.378 e. The fourth-order valence-electron chi connectivity index (χ4n) is 2.73. The molecule has 21 heavy (non-hydrogen) atoms. The van der Waals surface area contributed by atoms with Gasteiger partial charge in [-0.1, -0.05) is 0 Å². The van der Waals surface area contributed by atoms with Crippen LogP contribution in [0.2, 0.25) is 0 Å². The number of ether oxygens (including phenoxy) is 1. The van der Waals surface area contributed by atoms with Crippen molar-refractivity contribution in [1.82, 2.24) is 9.97 Å². The quantitative estimate of drug-likeness (QED) is 0.830. The fourth-order valence-corrected chi connectivity index (χ4v) is 3.30. The Labute approximate surface area is 130 Å². The molecule has 1 atom stereocenters. The average Bonchev–Trinajstić information content (AvgIpc) is 2.84. The molecule has 1 fully saturated rings. The van der Waals surface area contributed by atoms with Gasteiger partial charge in [-0.3, -0.25) is 4.79 Å². The summed E-state index contributed by atoms with van der Waals surface area (Å²) in [5.41, 5.74) is 1.69. The summed E-state index contributed by atoms with van der Waals surface area (Å²) in [7, 11) is 0. The predicted octanol–water partition coefficient (Wildman–Crippen LogP) is 3.15. The van der Waals surface area contributed by atoms with Gasteiger partial charge in [0.15, 0.2) is 5.78 Å². The number of imidazole rings is 1. The largest absolute Gasteiger partial charge is 0.378 e. The average molecular weight is 353 g/mol. The Balaban J connectivity index is 1.74. The molecule has 1 aliphatic heterocycles. The summed E-state index contributed by atoms with van der Waals surface area (Å²) < 4.78 is 6.36. The number of carbonyl (C=O) groups excluding carboxylic acids is 1. The van der Waals surface area contributed by atoms with Crippen LogP contribution in [0.4, 0.5) is 0 Å². The van der Waals surface area contributed by atoms with Crippen LogP contribution in [0, 0.1) is 0 Å². The van der Waals surface area contributed by atoms with E-state index in [0.717, 1.165) is 25.9 Å². The smallest absolute Gasteiger partial charge is 0.323 e. The molecule has 0 radical (unpaired) electrons. The third-order valence-electron chi connectivity index (χ3n) is 3.87. The number of ketones is 1. The van der Waals surface area contributed by atoms with Gasteiger partial charge < -0.3 is 14.7 Å². The number of aromatic amines is 2. The van der Waals surface area contributed by atoms with Crippen molar-refractivity contribution in [2.45, 2.75) is 38.2 Å². The first-order valence-corrected chi connectivity index (χ1v) is 7.99. The standard InChI is InChI=1S/C15H17BrN2O3/c16-11-8-13-12(17-15(20)18-13)7-10(11)14(19)5-4-9-3-1-2-6-21-9/h7-9H,1-6H2,(H2,17,18,20). The molecule has 2 heterocycles. The molecular weight excluding hydrogens is 336 g/mol. The number of halogens is 1. The van der Waals surface area contributed by atoms with Crippen LogP contribution in [0.25, 0.3) is 11.0 Å². The fraction of sp³-hybridized carbons (Fsp3) is 0.467. The Bertz CT molecular complexity index is 713. The lowest BCUT2D eigenvalue weighted by atomic mass is 10.00. The van der Waals surface area contributed by atoms with E-state index in [1.54, 1.807) is 12.1 Å². The summed E-state index contributed by atoms with van der Waals surface area (Å²) in [5.74, 6) is 0.0694. The number of nitrogens with one attached hydrogen (secondary N) is 2. The van der Waals surface area contributed by atoms with Crippen molar-refractivity contribution in [2.24, 2.45) is 0 Å². The third-order valence-corrected chi connectivity index (χ3v) is 4.53. The van der Waals surface area contributed by atoms with Gasteiger partial charge in [0.1, 0.15) is 0 Å². The lowest BCUT2D eigenvalue weighted by Crippen LogP contribution is -2.20. The number of hydrogen-bond donors (Lipinski definition) is 2. The molecule has 3 rings (SSSR count). The molecule has 112 valence electrons. The van der Waals surface area contributed by atoms with Crippen LogP contribution in [0.1, 0.15) is 42.5 Å². The molecule has 0 aliphatic carbocycles. The van der Waals surface area contributed by atoms with Crippen molar-refractivity contribution in [3.8, 4) is 0 Å². The first-order chi connectivity index (χ1) is 10.1. The summed E-state index contributed by atoms with van der Waals surface area (Å²) in [6.07, 6.45) is 4.76. The van der Waals surface area contributed by atoms with Crippen LogP contribution in [0.5, 0.6) is 0 Å². The van der Waals surface area contributed by atoms with Gasteiger partial charge >= 0.3 is 5.69 Å². The highest BCUT2D eigenvalue weighted by Gasteiger charge is 2.18. The van der Waals surface area contributed by atoms with Gasteiger partial charge in [0.05, 0.1) is 17.1 Å². The molecule has 2 aromatic rings. The number of aromatic nitrogens is 2. The van der Waals surface area contributed by atoms with Crippen LogP contribution in [-0.4, -0.2) is 28.5 Å². The van der Waals surface area contributed by atoms with Crippen molar-refractivity contribution < 1.29 is 9.53 Å². The van der Waals surface area contributed by atoms with E-state index in [1.165, 1.54) is 6.42 Å². The highest BCUT2D eigenvalue weighted by atomic mass is 79.9. The van der Waals surface area contributed by atoms with E-state index in [-0.39, 0.29) is 17.6 Å². The highest BCUT2D eigenvalue weighted by Crippen LogP contribution is 2.25. The van der Waals surface area contributed by atoms with E-state index in [1.807, 2.05) is 0 Å². The molecule has 1 saturated heterocycles. The molecule has 5 nitrogen and oxygen atoms in total. The Kier molecular flexibility index (Phi) is 4.26. The minimum atomic E-state index is -0.267. The molecule has 1 aromatic carbocycles. The van der Waals surface area contributed by atoms with Gasteiger partial charge in [0.2, 0.25) is 0 Å². The van der Waals surface area contributed by atoms with E-state index in [2.05, 4.69) is 25.9 Å². The predicted molar refractivity (Wildman–Crippen MR) is 83.8 cm³/mol. The molecule has 1 unspecified atom stereocenters. The van der Waals surface area contributed by atoms with Crippen LogP contribution in [0.15, 0.2) is 21.4 Å². The second-order valence-electron chi connectivity index (χ2n) is 5.41. The molecule has 6 heteroatoms. The van der Waals surface area contributed by atoms with Crippen LogP contribution in [0.3, 0.4) is 0 Å². The molecule has 0 amide bonds. The van der Waals surface area contributed by atoms with Crippen molar-refractivity contribution in [3.05, 3.63) is 32.7 Å². The van der Waals surface area contributed by atoms with Crippen molar-refractivity contribution in [1.29, 1.82) is 0 Å². The van der Waals surface area contributed by atoms with Gasteiger partial charge in [-0.05, 0) is 53.7 Å². The number of hydrogen-bond acceptors (Lipinski definition) is 3. The molecule has 0 spiro atoms. The number of fused-ring (bicyclic) bond motifs is 1. The van der Waals surface area contributed by atoms with E-state index >= 15 is 0 Å². The lowest BCUT2D eigenvalue weighted by molar-refractivity contribution is 0.0104. The monoisotopic (exact) mass is 352 g/mol. The van der Waals surface area contributed by atoms with E-state index in [4.69, 9.17) is 4.74 Å². The first kappa shape index (κ1) is 14.5. The topological polar surface area (TPSA) is 75.0 Å². The highest BCUT2D eigenvalue weighted by molar-refractivity contribution is 9.10. The molecule has 0 bridgehead atoms. The number of rotatable bonds is 4. The van der Waals surface area contributed by atoms with E-state index in [9.17, 15) is 9.59 Å². The summed E-state index contributed by atoms with van der Waals surface area (Å²) in [4.78, 5) is 29.0. The number of H-pyrrole nitrogens is 2. The minimum absolute atomic E-state index is 0.0694. The van der Waals surface area contributed by atoms with Crippen LogP contribution >= 0.6 is 15.9 Å². The molecule has 2 N–H and O–H groups in total. The second kappa shape index (κ2) is 6.15. The van der Waals surface area contributed by atoms with Gasteiger partial charge in [0, 0.05) is 23.1 Å². The Hall–Kier alpha value is -1.40. The maximum Gasteiger partial charge on any atom is 0.323 e. The third kappa shape index (κ3) is 3.27. The second-order valence-corrected chi connectivity index (χ2v) is 6.26. The number of Topliss-reactive ketones (excluding diaryl/α,β-unsaturated/α-hetero) is 1. The maximum atomic E-state index is 12.4. The molecular formula is C15H17BrN2O3. The number of benzene rings is 1. The van der Waals surface area contributed by atoms with E-state index < -0.39 is 0 Å². The maximum absolute atomic E-state index is 12.4. The summed E-state index contributed by atoms with van der Waals surface area (Å²) in [6, 6.07) is 3.49. The van der Waals surface area contributed by atoms with Gasteiger partial charge in [0.25, 0.3) is 0 Å². The van der Waals surface area contributed by atoms with Gasteiger partial charge in [-0.15, -0.1) is 0 Å². The molecule has 1 aromatic heterocycles. The van der Waals surface area contributed by atoms with Crippen LogP contribution < -0.4 is 5.69 Å². The van der Waals surface area contributed by atoms with E-state index in [0.29, 0.717) is 27.5 Å². The molecule has 0 saturated carbocycles. The molecule has 1 aliphatic rings. The lowest BCUT2D eigenvalue weighted by Gasteiger charge is -2.22. The Morgan fingerprint density at radius 2 is 2.05 bits per heavy atom. The zero-order valence-corrected chi connectivity index (χ0v) is 13.2. The van der Waals surface area contributed by atoms with Gasteiger partial charge in [-0.2, -0.15) is 0 Å². The Morgan fingerprint density at radius 1 is 1.29 bits per heavy atom. The van der Waals surface area contributed by atoms with Crippen LogP contribution in [-0.2, 0) is 4.74 Å². The van der Waals surface area contributed by atoms with Crippen molar-refractivity contribution in [2.75, 3.05) is 6.61 Å². The summed E-state index contributed by atoms with van der Waals surface area (Å²) >= 11 is 3.41. The van der Waals surface area contributed by atoms with Gasteiger partial charge in [-0.25, -0.2) is 4.79 Å². The van der Waals surface area contributed by atoms with Crippen molar-refractivity contribution >= 4 is 32.7 Å². The summed E-state index contributed by atoms with van der Waals surface area (Å²) in [5, 5.41) is 0. The zero-order valence-electron chi connectivity index (χ0n) is 11.6. The number of carbonyl (C=O) groups is 1. The summed E-state index contributed by atoms with van der Waals surface area (Å²) in [6.45, 7) is 0.805. The SMILES string of the molecule is O=C(CCC1CCCCO1)c1cc2[nH]c(=O)[nH]c2cc1Br. The Morgan fingerprint density at radius 3 is 2.76 bits per heavy atom. The zero-order chi connectivity index (χ0) is 14.8. The first-order valence-electron chi connectivity index (χ1n) is 7.20. The van der Waals surface area contributed by atoms with Crippen molar-refractivity contribution in [3.63, 3.8) is 0 Å².